The zero-order valence-electron chi connectivity index (χ0n) is 16.1. The summed E-state index contributed by atoms with van der Waals surface area (Å²) in [6.07, 6.45) is 0. The fraction of sp³-hybridized carbons (Fsp3) is 0.333. The van der Waals surface area contributed by atoms with E-state index in [1.54, 1.807) is 30.3 Å². The number of nitrogens with one attached hydrogen (secondary N) is 1. The van der Waals surface area contributed by atoms with E-state index in [-0.39, 0.29) is 10.3 Å². The van der Waals surface area contributed by atoms with Crippen LogP contribution >= 0.6 is 11.6 Å². The monoisotopic (exact) mass is 391 g/mol. The maximum atomic E-state index is 12.8. The van der Waals surface area contributed by atoms with Gasteiger partial charge in [0.1, 0.15) is 0 Å². The van der Waals surface area contributed by atoms with Crippen molar-refractivity contribution in [3.63, 3.8) is 0 Å². The molecule has 0 aromatic heterocycles. The first-order valence-corrected chi connectivity index (χ1v) is 10.4. The Kier molecular flexibility index (Phi) is 5.89. The Morgan fingerprint density at radius 1 is 0.962 bits per heavy atom. The van der Waals surface area contributed by atoms with Gasteiger partial charge in [-0.15, -0.1) is 0 Å². The molecule has 0 atom stereocenters. The molecule has 2 aromatic rings. The molecule has 0 radical (unpaired) electrons. The van der Waals surface area contributed by atoms with Crippen molar-refractivity contribution in [3.05, 3.63) is 64.2 Å². The smallest absolute Gasteiger partial charge is 0.261 e. The summed E-state index contributed by atoms with van der Waals surface area (Å²) in [5.74, 6) is 0. The fourth-order valence-corrected chi connectivity index (χ4v) is 3.77. The predicted molar refractivity (Wildman–Crippen MR) is 111 cm³/mol. The van der Waals surface area contributed by atoms with Crippen LogP contribution in [-0.2, 0) is 15.4 Å². The summed E-state index contributed by atoms with van der Waals surface area (Å²) in [7, 11) is -3.69. The van der Waals surface area contributed by atoms with Gasteiger partial charge < -0.3 is 0 Å². The van der Waals surface area contributed by atoms with Gasteiger partial charge in [0.15, 0.2) is 0 Å². The standard InChI is InChI=1S/C21H26ClNO2S/c1-14(2)15(3)19-13-17(22)9-12-20(19)23-26(24,25)18-10-7-16(8-11-18)21(4,5)6/h7-13,23H,1-6H3. The normalized spacial score (nSPS) is 12.0. The van der Waals surface area contributed by atoms with Gasteiger partial charge in [-0.2, -0.15) is 0 Å². The van der Waals surface area contributed by atoms with Crippen LogP contribution in [0.4, 0.5) is 5.69 Å². The van der Waals surface area contributed by atoms with Crippen molar-refractivity contribution in [2.45, 2.75) is 51.9 Å². The summed E-state index contributed by atoms with van der Waals surface area (Å²) in [4.78, 5) is 0.237. The van der Waals surface area contributed by atoms with Crippen molar-refractivity contribution in [1.29, 1.82) is 0 Å². The Bertz CT molecular complexity index is 933. The molecule has 0 bridgehead atoms. The zero-order chi connectivity index (χ0) is 19.7. The lowest BCUT2D eigenvalue weighted by molar-refractivity contribution is 0.587. The summed E-state index contributed by atoms with van der Waals surface area (Å²) in [5.41, 5.74) is 4.46. The average molecular weight is 392 g/mol. The second kappa shape index (κ2) is 7.45. The van der Waals surface area contributed by atoms with E-state index < -0.39 is 10.0 Å². The molecule has 2 rings (SSSR count). The molecule has 3 nitrogen and oxygen atoms in total. The number of rotatable bonds is 4. The topological polar surface area (TPSA) is 46.2 Å². The van der Waals surface area contributed by atoms with Gasteiger partial charge in [0.05, 0.1) is 10.6 Å². The van der Waals surface area contributed by atoms with Crippen molar-refractivity contribution < 1.29 is 8.42 Å². The van der Waals surface area contributed by atoms with Crippen molar-refractivity contribution >= 4 is 32.9 Å². The molecule has 0 aliphatic carbocycles. The molecule has 0 saturated carbocycles. The summed E-state index contributed by atoms with van der Waals surface area (Å²) in [6.45, 7) is 12.2. The quantitative estimate of drug-likeness (QED) is 0.669. The minimum absolute atomic E-state index is 0.0281. The molecule has 0 spiro atoms. The highest BCUT2D eigenvalue weighted by Gasteiger charge is 2.19. The molecule has 0 aliphatic rings. The van der Waals surface area contributed by atoms with Gasteiger partial charge in [0.25, 0.3) is 10.0 Å². The minimum atomic E-state index is -3.69. The Balaban J connectivity index is 2.43. The maximum absolute atomic E-state index is 12.8. The van der Waals surface area contributed by atoms with Crippen LogP contribution in [-0.4, -0.2) is 8.42 Å². The summed E-state index contributed by atoms with van der Waals surface area (Å²) in [5, 5.41) is 0.568. The van der Waals surface area contributed by atoms with Crippen LogP contribution in [0.2, 0.25) is 5.02 Å². The Labute approximate surface area is 162 Å². The molecular formula is C21H26ClNO2S. The minimum Gasteiger partial charge on any atom is -0.279 e. The van der Waals surface area contributed by atoms with E-state index in [1.165, 1.54) is 0 Å². The number of benzene rings is 2. The highest BCUT2D eigenvalue weighted by atomic mass is 35.5. The Morgan fingerprint density at radius 3 is 2.04 bits per heavy atom. The van der Waals surface area contributed by atoms with Crippen molar-refractivity contribution in [3.8, 4) is 0 Å². The molecule has 0 amide bonds. The van der Waals surface area contributed by atoms with E-state index >= 15 is 0 Å². The molecule has 0 fully saturated rings. The van der Waals surface area contributed by atoms with Gasteiger partial charge in [-0.25, -0.2) is 8.42 Å². The average Bonchev–Trinajstić information content (AvgIpc) is 2.55. The molecule has 1 N–H and O–H groups in total. The molecule has 0 unspecified atom stereocenters. The summed E-state index contributed by atoms with van der Waals surface area (Å²) in [6, 6.07) is 12.2. The SMILES string of the molecule is CC(C)=C(C)c1cc(Cl)ccc1NS(=O)(=O)c1ccc(C(C)(C)C)cc1. The van der Waals surface area contributed by atoms with Crippen LogP contribution in [0, 0.1) is 0 Å². The lowest BCUT2D eigenvalue weighted by Gasteiger charge is -2.19. The first-order chi connectivity index (χ1) is 11.9. The highest BCUT2D eigenvalue weighted by Crippen LogP contribution is 2.31. The molecule has 5 heteroatoms. The number of allylic oxidation sites excluding steroid dienone is 2. The predicted octanol–water partition coefficient (Wildman–Crippen LogP) is 6.25. The van der Waals surface area contributed by atoms with E-state index in [0.29, 0.717) is 10.7 Å². The summed E-state index contributed by atoms with van der Waals surface area (Å²) < 4.78 is 28.4. The third kappa shape index (κ3) is 4.68. The number of hydrogen-bond donors (Lipinski definition) is 1. The number of hydrogen-bond acceptors (Lipinski definition) is 2. The molecule has 140 valence electrons. The van der Waals surface area contributed by atoms with Crippen LogP contribution in [0.15, 0.2) is 52.9 Å². The van der Waals surface area contributed by atoms with Crippen LogP contribution in [0.25, 0.3) is 5.57 Å². The van der Waals surface area contributed by atoms with Crippen LogP contribution in [0.5, 0.6) is 0 Å². The molecule has 26 heavy (non-hydrogen) atoms. The van der Waals surface area contributed by atoms with Gasteiger partial charge in [-0.3, -0.25) is 4.72 Å². The van der Waals surface area contributed by atoms with Crippen LogP contribution in [0.3, 0.4) is 0 Å². The Hall–Kier alpha value is -1.78. The van der Waals surface area contributed by atoms with Gasteiger partial charge in [0, 0.05) is 10.6 Å². The van der Waals surface area contributed by atoms with E-state index in [9.17, 15) is 8.42 Å². The molecule has 0 saturated heterocycles. The second-order valence-electron chi connectivity index (χ2n) is 7.69. The third-order valence-electron chi connectivity index (χ3n) is 4.41. The third-order valence-corrected chi connectivity index (χ3v) is 6.03. The van der Waals surface area contributed by atoms with Crippen LogP contribution < -0.4 is 4.72 Å². The van der Waals surface area contributed by atoms with Gasteiger partial charge in [-0.1, -0.05) is 50.1 Å². The summed E-state index contributed by atoms with van der Waals surface area (Å²) >= 11 is 6.11. The van der Waals surface area contributed by atoms with E-state index in [2.05, 4.69) is 25.5 Å². The molecule has 0 heterocycles. The number of halogens is 1. The Morgan fingerprint density at radius 2 is 1.54 bits per heavy atom. The van der Waals surface area contributed by atoms with Crippen molar-refractivity contribution in [2.75, 3.05) is 4.72 Å². The van der Waals surface area contributed by atoms with Gasteiger partial charge in [0.2, 0.25) is 0 Å². The lowest BCUT2D eigenvalue weighted by atomic mass is 9.87. The maximum Gasteiger partial charge on any atom is 0.261 e. The molecule has 0 aliphatic heterocycles. The highest BCUT2D eigenvalue weighted by molar-refractivity contribution is 7.92. The fourth-order valence-electron chi connectivity index (χ4n) is 2.52. The first kappa shape index (κ1) is 20.5. The second-order valence-corrected chi connectivity index (χ2v) is 9.81. The van der Waals surface area contributed by atoms with Gasteiger partial charge in [-0.05, 0) is 67.7 Å². The van der Waals surface area contributed by atoms with Crippen molar-refractivity contribution in [1.82, 2.24) is 0 Å². The van der Waals surface area contributed by atoms with Gasteiger partial charge >= 0.3 is 0 Å². The first-order valence-electron chi connectivity index (χ1n) is 8.49. The van der Waals surface area contributed by atoms with E-state index in [4.69, 9.17) is 11.6 Å². The van der Waals surface area contributed by atoms with E-state index in [1.807, 2.05) is 32.9 Å². The molecule has 2 aromatic carbocycles. The zero-order valence-corrected chi connectivity index (χ0v) is 17.7. The molecular weight excluding hydrogens is 366 g/mol. The largest absolute Gasteiger partial charge is 0.279 e. The van der Waals surface area contributed by atoms with E-state index in [0.717, 1.165) is 22.3 Å². The lowest BCUT2D eigenvalue weighted by Crippen LogP contribution is -2.15. The van der Waals surface area contributed by atoms with Crippen molar-refractivity contribution in [2.24, 2.45) is 0 Å². The number of sulfonamides is 1. The number of anilines is 1. The van der Waals surface area contributed by atoms with Crippen LogP contribution in [0.1, 0.15) is 52.7 Å².